The molecule has 0 bridgehead atoms. The molecule has 2 heterocycles. The molecule has 1 N–H and O–H groups in total. The monoisotopic (exact) mass is 434 g/mol. The Labute approximate surface area is 184 Å². The number of thiophene rings is 1. The number of hydrogen-bond acceptors (Lipinski definition) is 5. The fourth-order valence-electron chi connectivity index (χ4n) is 3.13. The van der Waals surface area contributed by atoms with E-state index < -0.39 is 0 Å². The lowest BCUT2D eigenvalue weighted by atomic mass is 10.1. The number of thioether (sulfide) groups is 1. The Bertz CT molecular complexity index is 1120. The highest BCUT2D eigenvalue weighted by molar-refractivity contribution is 7.99. The summed E-state index contributed by atoms with van der Waals surface area (Å²) >= 11 is 3.02. The maximum atomic E-state index is 12.8. The first-order valence-electron chi connectivity index (χ1n) is 9.60. The van der Waals surface area contributed by atoms with Gasteiger partial charge in [0.2, 0.25) is 5.91 Å². The third kappa shape index (κ3) is 4.63. The summed E-state index contributed by atoms with van der Waals surface area (Å²) in [6.45, 7) is 4.17. The predicted octanol–water partition coefficient (Wildman–Crippen LogP) is 4.94. The summed E-state index contributed by atoms with van der Waals surface area (Å²) in [5.41, 5.74) is 4.50. The van der Waals surface area contributed by atoms with Crippen LogP contribution in [0.5, 0.6) is 0 Å². The Kier molecular flexibility index (Phi) is 6.30. The molecule has 2 aromatic carbocycles. The number of nitrogens with zero attached hydrogens (tertiary/aromatic N) is 3. The van der Waals surface area contributed by atoms with Gasteiger partial charge < -0.3 is 5.32 Å². The molecular weight excluding hydrogens is 412 g/mol. The zero-order chi connectivity index (χ0) is 20.9. The second kappa shape index (κ2) is 9.28. The summed E-state index contributed by atoms with van der Waals surface area (Å²) in [6.07, 6.45) is 1.68. The number of carbonyl (C=O) groups is 1. The van der Waals surface area contributed by atoms with Crippen molar-refractivity contribution < 1.29 is 4.79 Å². The van der Waals surface area contributed by atoms with Crippen molar-refractivity contribution in [2.24, 2.45) is 0 Å². The number of aromatic nitrogens is 3. The zero-order valence-corrected chi connectivity index (χ0v) is 18.4. The largest absolute Gasteiger partial charge is 0.344 e. The topological polar surface area (TPSA) is 59.8 Å². The fraction of sp³-hybridized carbons (Fsp3) is 0.174. The van der Waals surface area contributed by atoms with Gasteiger partial charge in [-0.3, -0.25) is 9.36 Å². The maximum Gasteiger partial charge on any atom is 0.231 e. The second-order valence-corrected chi connectivity index (χ2v) is 8.89. The Morgan fingerprint density at radius 2 is 1.93 bits per heavy atom. The minimum Gasteiger partial charge on any atom is -0.344 e. The van der Waals surface area contributed by atoms with Crippen LogP contribution in [0, 0.1) is 13.8 Å². The number of rotatable bonds is 7. The summed E-state index contributed by atoms with van der Waals surface area (Å²) in [5, 5.41) is 14.1. The molecule has 1 amide bonds. The molecule has 7 heteroatoms. The first-order valence-corrected chi connectivity index (χ1v) is 11.5. The molecule has 0 radical (unpaired) electrons. The molecule has 0 saturated carbocycles. The molecule has 1 atom stereocenters. The molecule has 0 fully saturated rings. The SMILES string of the molecule is Cc1ccc(-n2cnnc2SCC(=O)NC(c2ccccc2)c2cccs2)cc1C. The van der Waals surface area contributed by atoms with Crippen molar-refractivity contribution in [2.75, 3.05) is 5.75 Å². The number of amides is 1. The van der Waals surface area contributed by atoms with E-state index in [0.717, 1.165) is 16.1 Å². The van der Waals surface area contributed by atoms with Crippen molar-refractivity contribution in [3.8, 4) is 5.69 Å². The summed E-state index contributed by atoms with van der Waals surface area (Å²) in [5.74, 6) is 0.218. The van der Waals surface area contributed by atoms with Crippen molar-refractivity contribution in [2.45, 2.75) is 25.0 Å². The van der Waals surface area contributed by atoms with Crippen LogP contribution in [0.25, 0.3) is 5.69 Å². The molecule has 30 heavy (non-hydrogen) atoms. The minimum absolute atomic E-state index is 0.0445. The first kappa shape index (κ1) is 20.4. The second-order valence-electron chi connectivity index (χ2n) is 6.97. The number of hydrogen-bond donors (Lipinski definition) is 1. The van der Waals surface area contributed by atoms with Crippen molar-refractivity contribution in [3.05, 3.63) is 93.9 Å². The number of nitrogens with one attached hydrogen (secondary N) is 1. The molecule has 1 unspecified atom stereocenters. The van der Waals surface area contributed by atoms with Crippen molar-refractivity contribution in [1.29, 1.82) is 0 Å². The van der Waals surface area contributed by atoms with Crippen LogP contribution in [0.2, 0.25) is 0 Å². The van der Waals surface area contributed by atoms with Gasteiger partial charge in [0.25, 0.3) is 0 Å². The molecule has 0 aliphatic rings. The van der Waals surface area contributed by atoms with Gasteiger partial charge in [0.15, 0.2) is 5.16 Å². The van der Waals surface area contributed by atoms with Crippen LogP contribution in [-0.4, -0.2) is 26.4 Å². The van der Waals surface area contributed by atoms with Crippen LogP contribution >= 0.6 is 23.1 Å². The molecule has 0 spiro atoms. The van der Waals surface area contributed by atoms with Crippen molar-refractivity contribution >= 4 is 29.0 Å². The van der Waals surface area contributed by atoms with Crippen molar-refractivity contribution in [3.63, 3.8) is 0 Å². The number of aryl methyl sites for hydroxylation is 2. The van der Waals surface area contributed by atoms with E-state index in [1.165, 1.54) is 22.9 Å². The summed E-state index contributed by atoms with van der Waals surface area (Å²) in [4.78, 5) is 13.9. The van der Waals surface area contributed by atoms with Crippen LogP contribution < -0.4 is 5.32 Å². The zero-order valence-electron chi connectivity index (χ0n) is 16.8. The van der Waals surface area contributed by atoms with Gasteiger partial charge in [-0.15, -0.1) is 21.5 Å². The van der Waals surface area contributed by atoms with E-state index in [2.05, 4.69) is 41.5 Å². The van der Waals surface area contributed by atoms with Gasteiger partial charge in [-0.25, -0.2) is 0 Å². The van der Waals surface area contributed by atoms with E-state index in [1.807, 2.05) is 58.5 Å². The average molecular weight is 435 g/mol. The molecule has 4 rings (SSSR count). The smallest absolute Gasteiger partial charge is 0.231 e. The van der Waals surface area contributed by atoms with E-state index in [1.54, 1.807) is 17.7 Å². The predicted molar refractivity (Wildman–Crippen MR) is 122 cm³/mol. The van der Waals surface area contributed by atoms with E-state index in [9.17, 15) is 4.79 Å². The van der Waals surface area contributed by atoms with Crippen LogP contribution in [0.15, 0.2) is 77.5 Å². The maximum absolute atomic E-state index is 12.8. The highest BCUT2D eigenvalue weighted by Gasteiger charge is 2.18. The van der Waals surface area contributed by atoms with Crippen molar-refractivity contribution in [1.82, 2.24) is 20.1 Å². The standard InChI is InChI=1S/C23H22N4OS2/c1-16-10-11-19(13-17(16)2)27-15-24-26-23(27)30-14-21(28)25-22(20-9-6-12-29-20)18-7-4-3-5-8-18/h3-13,15,22H,14H2,1-2H3,(H,25,28). The van der Waals surface area contributed by atoms with Gasteiger partial charge in [0.1, 0.15) is 6.33 Å². The lowest BCUT2D eigenvalue weighted by Crippen LogP contribution is -2.30. The lowest BCUT2D eigenvalue weighted by molar-refractivity contribution is -0.119. The van der Waals surface area contributed by atoms with E-state index in [0.29, 0.717) is 5.16 Å². The molecule has 2 aromatic heterocycles. The minimum atomic E-state index is -0.156. The highest BCUT2D eigenvalue weighted by atomic mass is 32.2. The lowest BCUT2D eigenvalue weighted by Gasteiger charge is -2.18. The molecule has 0 saturated heterocycles. The Morgan fingerprint density at radius 1 is 1.10 bits per heavy atom. The van der Waals surface area contributed by atoms with E-state index in [-0.39, 0.29) is 17.7 Å². The first-order chi connectivity index (χ1) is 14.6. The summed E-state index contributed by atoms with van der Waals surface area (Å²) < 4.78 is 1.92. The fourth-order valence-corrected chi connectivity index (χ4v) is 4.67. The van der Waals surface area contributed by atoms with Gasteiger partial charge >= 0.3 is 0 Å². The van der Waals surface area contributed by atoms with Gasteiger partial charge in [0, 0.05) is 10.6 Å². The van der Waals surface area contributed by atoms with Crippen LogP contribution in [0.4, 0.5) is 0 Å². The molecule has 4 aromatic rings. The molecule has 152 valence electrons. The molecule has 5 nitrogen and oxygen atoms in total. The molecular formula is C23H22N4OS2. The van der Waals surface area contributed by atoms with E-state index in [4.69, 9.17) is 0 Å². The normalized spacial score (nSPS) is 11.9. The molecule has 0 aliphatic heterocycles. The Morgan fingerprint density at radius 3 is 2.67 bits per heavy atom. The quantitative estimate of drug-likeness (QED) is 0.419. The summed E-state index contributed by atoms with van der Waals surface area (Å²) in [6, 6.07) is 20.1. The summed E-state index contributed by atoms with van der Waals surface area (Å²) in [7, 11) is 0. The third-order valence-electron chi connectivity index (χ3n) is 4.88. The Hall–Kier alpha value is -2.90. The third-order valence-corrected chi connectivity index (χ3v) is 6.76. The highest BCUT2D eigenvalue weighted by Crippen LogP contribution is 2.27. The van der Waals surface area contributed by atoms with Gasteiger partial charge in [0.05, 0.1) is 11.8 Å². The van der Waals surface area contributed by atoms with Gasteiger partial charge in [-0.1, -0.05) is 54.2 Å². The molecule has 0 aliphatic carbocycles. The number of benzene rings is 2. The Balaban J connectivity index is 1.46. The van der Waals surface area contributed by atoms with E-state index >= 15 is 0 Å². The van der Waals surface area contributed by atoms with Crippen LogP contribution in [0.3, 0.4) is 0 Å². The van der Waals surface area contributed by atoms with Gasteiger partial charge in [-0.05, 0) is 54.1 Å². The van der Waals surface area contributed by atoms with Gasteiger partial charge in [-0.2, -0.15) is 0 Å². The van der Waals surface area contributed by atoms with Crippen LogP contribution in [-0.2, 0) is 4.79 Å². The van der Waals surface area contributed by atoms with Crippen LogP contribution in [0.1, 0.15) is 27.6 Å². The number of carbonyl (C=O) groups excluding carboxylic acids is 1. The average Bonchev–Trinajstić information content (AvgIpc) is 3.45.